The zero-order valence-electron chi connectivity index (χ0n) is 11.1. The number of nitrogens with zero attached hydrogens (tertiary/aromatic N) is 1. The molecule has 20 heavy (non-hydrogen) atoms. The molecule has 0 spiro atoms. The number of hydrogen-bond acceptors (Lipinski definition) is 3. The van der Waals surface area contributed by atoms with Gasteiger partial charge in [0, 0.05) is 22.2 Å². The van der Waals surface area contributed by atoms with Crippen molar-refractivity contribution in [2.45, 2.75) is 32.1 Å². The van der Waals surface area contributed by atoms with E-state index in [9.17, 15) is 14.9 Å². The van der Waals surface area contributed by atoms with E-state index in [2.05, 4.69) is 5.32 Å². The maximum absolute atomic E-state index is 12.1. The van der Waals surface area contributed by atoms with E-state index in [4.69, 9.17) is 0 Å². The molecule has 0 radical (unpaired) electrons. The monoisotopic (exact) mass is 388 g/mol. The highest BCUT2D eigenvalue weighted by atomic mass is 127. The molecule has 1 saturated carbocycles. The molecule has 0 aromatic heterocycles. The van der Waals surface area contributed by atoms with Gasteiger partial charge in [-0.2, -0.15) is 0 Å². The average Bonchev–Trinajstić information content (AvgIpc) is 2.46. The Balaban J connectivity index is 2.00. The molecule has 1 aliphatic rings. The Hall–Kier alpha value is -1.18. The maximum Gasteiger partial charge on any atom is 0.270 e. The highest BCUT2D eigenvalue weighted by Gasteiger charge is 2.18. The third-order valence-electron chi connectivity index (χ3n) is 3.68. The second-order valence-electron chi connectivity index (χ2n) is 5.14. The number of carbonyl (C=O) groups is 1. The number of carbonyl (C=O) groups excluding carboxylic acids is 1. The van der Waals surface area contributed by atoms with Gasteiger partial charge in [0.2, 0.25) is 0 Å². The number of benzene rings is 1. The molecule has 1 aromatic carbocycles. The standard InChI is InChI=1S/C14H17IN2O3/c15-13-7-6-11(17(19)20)8-12(13)14(18)16-9-10-4-2-1-3-5-10/h6-8,10H,1-5,9H2,(H,16,18). The fourth-order valence-electron chi connectivity index (χ4n) is 2.52. The molecular weight excluding hydrogens is 371 g/mol. The number of rotatable bonds is 4. The van der Waals surface area contributed by atoms with Gasteiger partial charge >= 0.3 is 0 Å². The van der Waals surface area contributed by atoms with Crippen molar-refractivity contribution in [1.82, 2.24) is 5.32 Å². The van der Waals surface area contributed by atoms with E-state index in [-0.39, 0.29) is 11.6 Å². The van der Waals surface area contributed by atoms with Gasteiger partial charge in [0.05, 0.1) is 10.5 Å². The summed E-state index contributed by atoms with van der Waals surface area (Å²) < 4.78 is 0.731. The minimum absolute atomic E-state index is 0.0479. The van der Waals surface area contributed by atoms with E-state index in [1.807, 2.05) is 22.6 Å². The fraction of sp³-hybridized carbons (Fsp3) is 0.500. The number of non-ortho nitro benzene ring substituents is 1. The average molecular weight is 388 g/mol. The van der Waals surface area contributed by atoms with Crippen LogP contribution in [-0.4, -0.2) is 17.4 Å². The second-order valence-corrected chi connectivity index (χ2v) is 6.30. The van der Waals surface area contributed by atoms with Gasteiger partial charge in [-0.15, -0.1) is 0 Å². The molecule has 1 fully saturated rings. The van der Waals surface area contributed by atoms with Crippen molar-refractivity contribution in [3.05, 3.63) is 37.4 Å². The molecule has 6 heteroatoms. The van der Waals surface area contributed by atoms with Crippen molar-refractivity contribution in [2.24, 2.45) is 5.92 Å². The lowest BCUT2D eigenvalue weighted by Crippen LogP contribution is -2.30. The van der Waals surface area contributed by atoms with E-state index in [1.54, 1.807) is 6.07 Å². The number of amides is 1. The zero-order valence-corrected chi connectivity index (χ0v) is 13.3. The number of nitro benzene ring substituents is 1. The highest BCUT2D eigenvalue weighted by molar-refractivity contribution is 14.1. The summed E-state index contributed by atoms with van der Waals surface area (Å²) in [6.45, 7) is 0.664. The molecule has 1 amide bonds. The predicted molar refractivity (Wildman–Crippen MR) is 84.7 cm³/mol. The number of halogens is 1. The molecule has 0 unspecified atom stereocenters. The molecular formula is C14H17IN2O3. The Morgan fingerprint density at radius 3 is 2.70 bits per heavy atom. The lowest BCUT2D eigenvalue weighted by atomic mass is 9.89. The van der Waals surface area contributed by atoms with E-state index >= 15 is 0 Å². The first-order valence-electron chi connectivity index (χ1n) is 6.80. The third-order valence-corrected chi connectivity index (χ3v) is 4.62. The van der Waals surface area contributed by atoms with E-state index < -0.39 is 4.92 Å². The normalized spacial score (nSPS) is 15.8. The largest absolute Gasteiger partial charge is 0.352 e. The van der Waals surface area contributed by atoms with Gasteiger partial charge in [-0.05, 0) is 47.4 Å². The van der Waals surface area contributed by atoms with E-state index in [1.165, 1.54) is 31.4 Å². The summed E-state index contributed by atoms with van der Waals surface area (Å²) in [6.07, 6.45) is 6.07. The molecule has 1 aliphatic carbocycles. The predicted octanol–water partition coefficient (Wildman–Crippen LogP) is 3.51. The molecule has 0 bridgehead atoms. The van der Waals surface area contributed by atoms with Crippen molar-refractivity contribution in [1.29, 1.82) is 0 Å². The topological polar surface area (TPSA) is 72.2 Å². The summed E-state index contributed by atoms with van der Waals surface area (Å²) in [7, 11) is 0. The Bertz CT molecular complexity index is 513. The summed E-state index contributed by atoms with van der Waals surface area (Å²) in [6, 6.07) is 4.37. The molecule has 1 aromatic rings. The van der Waals surface area contributed by atoms with Crippen LogP contribution in [0.2, 0.25) is 0 Å². The van der Waals surface area contributed by atoms with Gasteiger partial charge < -0.3 is 5.32 Å². The van der Waals surface area contributed by atoms with Crippen LogP contribution >= 0.6 is 22.6 Å². The van der Waals surface area contributed by atoms with Crippen LogP contribution in [0.3, 0.4) is 0 Å². The van der Waals surface area contributed by atoms with Crippen molar-refractivity contribution < 1.29 is 9.72 Å². The molecule has 0 saturated heterocycles. The SMILES string of the molecule is O=C(NCC1CCCCC1)c1cc([N+](=O)[O-])ccc1I. The minimum Gasteiger partial charge on any atom is -0.352 e. The molecule has 0 aliphatic heterocycles. The van der Waals surface area contributed by atoms with Crippen LogP contribution in [0.4, 0.5) is 5.69 Å². The lowest BCUT2D eigenvalue weighted by Gasteiger charge is -2.21. The van der Waals surface area contributed by atoms with Crippen LogP contribution in [0.5, 0.6) is 0 Å². The van der Waals surface area contributed by atoms with Crippen LogP contribution < -0.4 is 5.32 Å². The first kappa shape index (κ1) is 15.2. The first-order chi connectivity index (χ1) is 9.58. The van der Waals surface area contributed by atoms with Gasteiger partial charge in [0.25, 0.3) is 11.6 Å². The van der Waals surface area contributed by atoms with Gasteiger partial charge in [-0.25, -0.2) is 0 Å². The summed E-state index contributed by atoms with van der Waals surface area (Å²) in [5.41, 5.74) is 0.337. The number of hydrogen-bond donors (Lipinski definition) is 1. The van der Waals surface area contributed by atoms with Crippen LogP contribution in [0.15, 0.2) is 18.2 Å². The van der Waals surface area contributed by atoms with Gasteiger partial charge in [-0.1, -0.05) is 19.3 Å². The lowest BCUT2D eigenvalue weighted by molar-refractivity contribution is -0.384. The van der Waals surface area contributed by atoms with Crippen molar-refractivity contribution in [2.75, 3.05) is 6.54 Å². The minimum atomic E-state index is -0.478. The molecule has 108 valence electrons. The quantitative estimate of drug-likeness (QED) is 0.488. The summed E-state index contributed by atoms with van der Waals surface area (Å²) >= 11 is 2.03. The third kappa shape index (κ3) is 3.91. The van der Waals surface area contributed by atoms with Gasteiger partial charge in [0.1, 0.15) is 0 Å². The van der Waals surface area contributed by atoms with Gasteiger partial charge in [-0.3, -0.25) is 14.9 Å². The van der Waals surface area contributed by atoms with Crippen molar-refractivity contribution >= 4 is 34.2 Å². The van der Waals surface area contributed by atoms with Crippen LogP contribution in [0.25, 0.3) is 0 Å². The van der Waals surface area contributed by atoms with Crippen LogP contribution in [0, 0.1) is 19.6 Å². The van der Waals surface area contributed by atoms with Crippen molar-refractivity contribution in [3.63, 3.8) is 0 Å². The molecule has 1 N–H and O–H groups in total. The Morgan fingerprint density at radius 1 is 1.35 bits per heavy atom. The summed E-state index contributed by atoms with van der Waals surface area (Å²) in [5, 5.41) is 13.7. The van der Waals surface area contributed by atoms with Crippen LogP contribution in [0.1, 0.15) is 42.5 Å². The zero-order chi connectivity index (χ0) is 14.5. The molecule has 0 atom stereocenters. The summed E-state index contributed by atoms with van der Waals surface area (Å²) in [4.78, 5) is 22.4. The van der Waals surface area contributed by atoms with Crippen molar-refractivity contribution in [3.8, 4) is 0 Å². The number of nitrogens with one attached hydrogen (secondary N) is 1. The fourth-order valence-corrected chi connectivity index (χ4v) is 3.10. The molecule has 2 rings (SSSR count). The molecule has 5 nitrogen and oxygen atoms in total. The first-order valence-corrected chi connectivity index (χ1v) is 7.88. The Kier molecular flexibility index (Phi) is 5.33. The summed E-state index contributed by atoms with van der Waals surface area (Å²) in [5.74, 6) is 0.327. The van der Waals surface area contributed by atoms with E-state index in [0.29, 0.717) is 18.0 Å². The highest BCUT2D eigenvalue weighted by Crippen LogP contribution is 2.23. The van der Waals surface area contributed by atoms with Gasteiger partial charge in [0.15, 0.2) is 0 Å². The number of nitro groups is 1. The Labute approximate surface area is 131 Å². The van der Waals surface area contributed by atoms with E-state index in [0.717, 1.165) is 16.4 Å². The Morgan fingerprint density at radius 2 is 2.05 bits per heavy atom. The van der Waals surface area contributed by atoms with Crippen LogP contribution in [-0.2, 0) is 0 Å². The smallest absolute Gasteiger partial charge is 0.270 e. The second kappa shape index (κ2) is 7.01. The maximum atomic E-state index is 12.1. The molecule has 0 heterocycles.